The van der Waals surface area contributed by atoms with Gasteiger partial charge in [-0.1, -0.05) is 30.2 Å². The molecule has 102 valence electrons. The highest BCUT2D eigenvalue weighted by Crippen LogP contribution is 2.25. The summed E-state index contributed by atoms with van der Waals surface area (Å²) in [6.45, 7) is -19.7. The van der Waals surface area contributed by atoms with Crippen molar-refractivity contribution in [3.05, 3.63) is 53.7 Å². The molecule has 1 aromatic heterocycles. The van der Waals surface area contributed by atoms with Crippen molar-refractivity contribution in [1.82, 2.24) is 14.7 Å². The van der Waals surface area contributed by atoms with Crippen molar-refractivity contribution in [2.45, 2.75) is 6.08 Å². The Morgan fingerprint density at radius 3 is 3.05 bits per heavy atom. The van der Waals surface area contributed by atoms with Crippen molar-refractivity contribution < 1.29 is 33.5 Å². The van der Waals surface area contributed by atoms with Crippen LogP contribution >= 0.6 is 0 Å². The van der Waals surface area contributed by atoms with Crippen LogP contribution in [0.5, 0.6) is 0 Å². The van der Waals surface area contributed by atoms with Crippen LogP contribution in [-0.4, -0.2) is 41.7 Å². The van der Waals surface area contributed by atoms with Crippen LogP contribution in [0.4, 0.5) is 0 Å². The first-order chi connectivity index (χ1) is 17.5. The number of likely N-dealkylation sites (N-methyl/N-ethyl adjacent to an activating group) is 1. The summed E-state index contributed by atoms with van der Waals surface area (Å²) in [7, 11) is 0. The largest absolute Gasteiger partial charge is 0.366 e. The van der Waals surface area contributed by atoms with Gasteiger partial charge in [0, 0.05) is 34.7 Å². The van der Waals surface area contributed by atoms with E-state index < -0.39 is 98.6 Å². The maximum Gasteiger partial charge on any atom is 0.124 e. The molecular formula is C15H21N3O. The first-order valence-corrected chi connectivity index (χ1v) is 4.70. The lowest BCUT2D eigenvalue weighted by Gasteiger charge is -2.20. The zero-order valence-corrected chi connectivity index (χ0v) is 9.25. The molecule has 0 saturated heterocycles. The fraction of sp³-hybridized carbons (Fsp3) is 0.400. The topological polar surface area (TPSA) is 30.3 Å². The Balaban J connectivity index is 3.11. The molecule has 19 heavy (non-hydrogen) atoms. The Hall–Kier alpha value is -1.65. The second-order valence-corrected chi connectivity index (χ2v) is 2.98. The molecule has 1 unspecified atom stereocenters. The summed E-state index contributed by atoms with van der Waals surface area (Å²) < 4.78 is 170. The molecule has 0 radical (unpaired) electrons. The highest BCUT2D eigenvalue weighted by atomic mass is 16.5. The minimum Gasteiger partial charge on any atom is -0.366 e. The van der Waals surface area contributed by atoms with Gasteiger partial charge in [-0.25, -0.2) is 0 Å². The zero-order chi connectivity index (χ0) is 31.8. The van der Waals surface area contributed by atoms with E-state index in [0.29, 0.717) is 0 Å². The van der Waals surface area contributed by atoms with Gasteiger partial charge in [0.2, 0.25) is 0 Å². The fourth-order valence-electron chi connectivity index (χ4n) is 1.08. The zero-order valence-electron chi connectivity index (χ0n) is 30.2. The molecule has 2 rings (SSSR count). The molecule has 4 nitrogen and oxygen atoms in total. The Bertz CT molecular complexity index is 1250. The Morgan fingerprint density at radius 1 is 1.47 bits per heavy atom. The molecule has 1 heterocycles. The van der Waals surface area contributed by atoms with Gasteiger partial charge < -0.3 is 9.64 Å². The molecule has 0 spiro atoms. The molecule has 0 aliphatic rings. The van der Waals surface area contributed by atoms with E-state index in [2.05, 4.69) is 5.10 Å². The number of hydrogen-bond acceptors (Lipinski definition) is 3. The highest BCUT2D eigenvalue weighted by molar-refractivity contribution is 5.25. The molecule has 2 aromatic rings. The smallest absolute Gasteiger partial charge is 0.124 e. The lowest BCUT2D eigenvalue weighted by Crippen LogP contribution is -2.20. The number of nitrogens with zero attached hydrogens (tertiary/aromatic N) is 3. The predicted octanol–water partition coefficient (Wildman–Crippen LogP) is 2.09. The minimum atomic E-state index is -4.29. The van der Waals surface area contributed by atoms with Crippen molar-refractivity contribution in [3.63, 3.8) is 0 Å². The number of rotatable bonds is 6. The van der Waals surface area contributed by atoms with E-state index >= 15 is 0 Å². The van der Waals surface area contributed by atoms with Crippen LogP contribution in [-0.2, 0) is 11.7 Å². The van der Waals surface area contributed by atoms with Gasteiger partial charge in [0.15, 0.2) is 0 Å². The second kappa shape index (κ2) is 6.50. The normalized spacial score (nSPS) is 34.1. The average Bonchev–Trinajstić information content (AvgIpc) is 3.03. The summed E-state index contributed by atoms with van der Waals surface area (Å²) >= 11 is 0. The minimum absolute atomic E-state index is 0.178. The Kier molecular flexibility index (Phi) is 1.02. The second-order valence-electron chi connectivity index (χ2n) is 2.98. The molecule has 1 aromatic carbocycles. The van der Waals surface area contributed by atoms with Gasteiger partial charge in [-0.15, -0.1) is 0 Å². The van der Waals surface area contributed by atoms with Crippen LogP contribution in [0.15, 0.2) is 42.4 Å². The fourth-order valence-corrected chi connectivity index (χ4v) is 1.08. The summed E-state index contributed by atoms with van der Waals surface area (Å²) in [5.41, 5.74) is -2.79. The first-order valence-electron chi connectivity index (χ1n) is 15.2. The van der Waals surface area contributed by atoms with Crippen molar-refractivity contribution in [3.8, 4) is 0 Å². The van der Waals surface area contributed by atoms with Gasteiger partial charge in [0.25, 0.3) is 0 Å². The maximum atomic E-state index is 9.00. The van der Waals surface area contributed by atoms with Crippen LogP contribution in [0.2, 0.25) is 0 Å². The van der Waals surface area contributed by atoms with Crippen molar-refractivity contribution in [2.24, 2.45) is 6.98 Å². The van der Waals surface area contributed by atoms with E-state index in [1.807, 2.05) is 0 Å². The van der Waals surface area contributed by atoms with Gasteiger partial charge in [-0.3, -0.25) is 4.68 Å². The van der Waals surface area contributed by atoms with Crippen molar-refractivity contribution >= 4 is 0 Å². The van der Waals surface area contributed by atoms with E-state index in [9.17, 15) is 0 Å². The molecule has 0 amide bonds. The molecule has 1 atom stereocenters. The SMILES string of the molecule is [2H]c1nn(C([2H])([2H])[2H])c(C([2H])(OC([2H])([2H])C([2H])([2H])N(C([2H])([2H])[2H])C([2H])([2H])[2H])c2c([2H])c([2H])c([2H])c([2H])c2[2H])c1[2H]. The van der Waals surface area contributed by atoms with Gasteiger partial charge in [-0.2, -0.15) is 5.10 Å². The van der Waals surface area contributed by atoms with Gasteiger partial charge in [0.05, 0.1) is 26.0 Å². The monoisotopic (exact) mass is 280 g/mol. The first kappa shape index (κ1) is 3.00. The standard InChI is InChI=1S/C15H21N3O/c1-17(2)11-12-19-15(13-7-5-4-6-8-13)14-9-10-16-18(14)3/h4-10,15H,11-12H2,1-3H3/i1D3,2D3,3D3,4D,5D,6D,7D,8D,9D,10D,11D2,12D2,15D. The molecule has 0 bridgehead atoms. The third-order valence-electron chi connectivity index (χ3n) is 1.79. The summed E-state index contributed by atoms with van der Waals surface area (Å²) in [6.07, 6.45) is -5.01. The van der Waals surface area contributed by atoms with E-state index in [-0.39, 0.29) is 4.68 Å². The highest BCUT2D eigenvalue weighted by Gasteiger charge is 2.17. The Morgan fingerprint density at radius 2 is 2.32 bits per heavy atom. The summed E-state index contributed by atoms with van der Waals surface area (Å²) in [5, 5.41) is 3.27. The van der Waals surface area contributed by atoms with Crippen molar-refractivity contribution in [1.29, 1.82) is 0 Å². The molecular weight excluding hydrogens is 238 g/mol. The predicted molar refractivity (Wildman–Crippen MR) is 76.0 cm³/mol. The number of aromatic nitrogens is 2. The van der Waals surface area contributed by atoms with E-state index in [4.69, 9.17) is 33.5 Å². The lowest BCUT2D eigenvalue weighted by molar-refractivity contribution is 0.0638. The van der Waals surface area contributed by atoms with E-state index in [1.165, 1.54) is 0 Å². The van der Waals surface area contributed by atoms with E-state index in [0.717, 1.165) is 0 Å². The number of benzene rings is 1. The van der Waals surface area contributed by atoms with E-state index in [1.54, 1.807) is 0 Å². The van der Waals surface area contributed by atoms with Crippen LogP contribution < -0.4 is 0 Å². The molecule has 0 aliphatic carbocycles. The molecule has 4 heteroatoms. The number of ether oxygens (including phenoxy) is 1. The lowest BCUT2D eigenvalue weighted by atomic mass is 10.1. The molecule has 0 N–H and O–H groups in total. The molecule has 0 aliphatic heterocycles. The quantitative estimate of drug-likeness (QED) is 0.811. The van der Waals surface area contributed by atoms with Gasteiger partial charge in [0.1, 0.15) is 6.08 Å². The van der Waals surface area contributed by atoms with Gasteiger partial charge in [-0.05, 0) is 25.6 Å². The van der Waals surface area contributed by atoms with Gasteiger partial charge >= 0.3 is 0 Å². The number of aryl methyl sites for hydroxylation is 1. The van der Waals surface area contributed by atoms with Crippen molar-refractivity contribution in [2.75, 3.05) is 27.0 Å². The summed E-state index contributed by atoms with van der Waals surface area (Å²) in [6, 6.07) is -7.20. The van der Waals surface area contributed by atoms with Crippen LogP contribution in [0, 0.1) is 0 Å². The summed E-state index contributed by atoms with van der Waals surface area (Å²) in [4.78, 5) is -0.881. The summed E-state index contributed by atoms with van der Waals surface area (Å²) in [5.74, 6) is 0. The molecule has 0 saturated carbocycles. The number of hydrogen-bond donors (Lipinski definition) is 0. The average molecular weight is 280 g/mol. The third kappa shape index (κ3) is 3.66. The van der Waals surface area contributed by atoms with Crippen LogP contribution in [0.1, 0.15) is 46.1 Å². The van der Waals surface area contributed by atoms with Crippen LogP contribution in [0.3, 0.4) is 0 Å². The maximum absolute atomic E-state index is 9.00. The van der Waals surface area contributed by atoms with Crippen LogP contribution in [0.25, 0.3) is 0 Å². The third-order valence-corrected chi connectivity index (χ3v) is 1.79. The Labute approximate surface area is 144 Å². The molecule has 0 fully saturated rings.